The lowest BCUT2D eigenvalue weighted by molar-refractivity contribution is 0.596. The number of hydrogen-bond donors (Lipinski definition) is 1. The molecule has 1 aromatic carbocycles. The Bertz CT molecular complexity index is 409. The highest BCUT2D eigenvalue weighted by Crippen LogP contribution is 2.02. The Morgan fingerprint density at radius 2 is 1.93 bits per heavy atom. The zero-order valence-electron chi connectivity index (χ0n) is 8.68. The van der Waals surface area contributed by atoms with Crippen LogP contribution in [0.4, 0.5) is 0 Å². The summed E-state index contributed by atoms with van der Waals surface area (Å²) in [6.07, 6.45) is 6.16. The van der Waals surface area contributed by atoms with Crippen molar-refractivity contribution in [3.8, 4) is 0 Å². The summed E-state index contributed by atoms with van der Waals surface area (Å²) in [7, 11) is -3.11. The lowest BCUT2D eigenvalue weighted by Crippen LogP contribution is -2.14. The smallest absolute Gasteiger partial charge is 0.229 e. The Balaban J connectivity index is 2.28. The van der Waals surface area contributed by atoms with E-state index in [1.807, 2.05) is 24.3 Å². The fourth-order valence-electron chi connectivity index (χ4n) is 1.15. The van der Waals surface area contributed by atoms with Gasteiger partial charge in [0.15, 0.2) is 0 Å². The summed E-state index contributed by atoms with van der Waals surface area (Å²) in [6.45, 7) is 0. The van der Waals surface area contributed by atoms with Gasteiger partial charge in [-0.05, 0) is 18.4 Å². The average Bonchev–Trinajstić information content (AvgIpc) is 2.17. The summed E-state index contributed by atoms with van der Waals surface area (Å²) in [5.41, 5.74) is 1.25. The van der Waals surface area contributed by atoms with Crippen LogP contribution < -0.4 is 4.72 Å². The molecule has 1 rings (SSSR count). The van der Waals surface area contributed by atoms with E-state index in [0.29, 0.717) is 0 Å². The number of benzene rings is 1. The summed E-state index contributed by atoms with van der Waals surface area (Å²) < 4.78 is 23.7. The number of hydrogen-bond acceptors (Lipinski definition) is 2. The monoisotopic (exact) mass is 225 g/mol. The second-order valence-corrected chi connectivity index (χ2v) is 5.10. The third kappa shape index (κ3) is 5.91. The van der Waals surface area contributed by atoms with Crippen LogP contribution in [0.1, 0.15) is 12.0 Å². The maximum Gasteiger partial charge on any atom is 0.229 e. The van der Waals surface area contributed by atoms with Gasteiger partial charge in [0.1, 0.15) is 0 Å². The molecule has 1 aromatic rings. The molecule has 0 unspecified atom stereocenters. The maximum atomic E-state index is 10.7. The molecular weight excluding hydrogens is 210 g/mol. The minimum absolute atomic E-state index is 0.826. The van der Waals surface area contributed by atoms with Gasteiger partial charge in [0.2, 0.25) is 10.0 Å². The lowest BCUT2D eigenvalue weighted by Gasteiger charge is -1.97. The summed E-state index contributed by atoms with van der Waals surface area (Å²) in [6, 6.07) is 10.1. The fourth-order valence-corrected chi connectivity index (χ4v) is 1.49. The van der Waals surface area contributed by atoms with Crippen molar-refractivity contribution in [2.24, 2.45) is 0 Å². The highest BCUT2D eigenvalue weighted by Gasteiger charge is 1.92. The predicted molar refractivity (Wildman–Crippen MR) is 61.9 cm³/mol. The zero-order chi connectivity index (χ0) is 11.1. The Kier molecular flexibility index (Phi) is 4.37. The number of rotatable bonds is 5. The van der Waals surface area contributed by atoms with Gasteiger partial charge in [0, 0.05) is 6.20 Å². The molecule has 0 aromatic heterocycles. The van der Waals surface area contributed by atoms with Gasteiger partial charge in [-0.1, -0.05) is 36.4 Å². The molecule has 0 aliphatic heterocycles. The molecule has 0 aliphatic carbocycles. The van der Waals surface area contributed by atoms with Gasteiger partial charge in [-0.15, -0.1) is 0 Å². The number of aryl methyl sites for hydroxylation is 1. The van der Waals surface area contributed by atoms with Crippen molar-refractivity contribution in [2.45, 2.75) is 12.8 Å². The third-order valence-corrected chi connectivity index (χ3v) is 2.41. The Morgan fingerprint density at radius 3 is 2.53 bits per heavy atom. The van der Waals surface area contributed by atoms with Crippen molar-refractivity contribution in [1.82, 2.24) is 4.72 Å². The summed E-state index contributed by atoms with van der Waals surface area (Å²) >= 11 is 0. The van der Waals surface area contributed by atoms with Gasteiger partial charge in [0.05, 0.1) is 6.26 Å². The minimum atomic E-state index is -3.11. The van der Waals surface area contributed by atoms with Crippen LogP contribution in [0.15, 0.2) is 42.6 Å². The topological polar surface area (TPSA) is 46.2 Å². The molecule has 4 heteroatoms. The van der Waals surface area contributed by atoms with E-state index in [2.05, 4.69) is 16.9 Å². The first-order valence-electron chi connectivity index (χ1n) is 4.74. The van der Waals surface area contributed by atoms with Crippen LogP contribution in [-0.2, 0) is 16.4 Å². The van der Waals surface area contributed by atoms with E-state index in [0.717, 1.165) is 19.1 Å². The number of allylic oxidation sites excluding steroid dienone is 1. The molecule has 0 spiro atoms. The SMILES string of the molecule is CS(=O)(=O)NC=CCCc1ccccc1. The van der Waals surface area contributed by atoms with Crippen LogP contribution in [0, 0.1) is 0 Å². The minimum Gasteiger partial charge on any atom is -0.291 e. The lowest BCUT2D eigenvalue weighted by atomic mass is 10.1. The largest absolute Gasteiger partial charge is 0.291 e. The highest BCUT2D eigenvalue weighted by atomic mass is 32.2. The van der Waals surface area contributed by atoms with Crippen molar-refractivity contribution in [2.75, 3.05) is 6.26 Å². The molecule has 0 radical (unpaired) electrons. The van der Waals surface area contributed by atoms with Crippen LogP contribution in [0.3, 0.4) is 0 Å². The Morgan fingerprint density at radius 1 is 1.27 bits per heavy atom. The molecule has 0 amide bonds. The molecule has 0 saturated carbocycles. The first-order valence-corrected chi connectivity index (χ1v) is 6.63. The molecule has 0 aliphatic rings. The maximum absolute atomic E-state index is 10.7. The molecule has 82 valence electrons. The Labute approximate surface area is 90.9 Å². The Hall–Kier alpha value is -1.29. The van der Waals surface area contributed by atoms with Crippen LogP contribution in [0.2, 0.25) is 0 Å². The van der Waals surface area contributed by atoms with Crippen LogP contribution in [0.25, 0.3) is 0 Å². The first-order chi connectivity index (χ1) is 7.08. The zero-order valence-corrected chi connectivity index (χ0v) is 9.50. The summed E-state index contributed by atoms with van der Waals surface area (Å²) in [4.78, 5) is 0. The van der Waals surface area contributed by atoms with Crippen molar-refractivity contribution < 1.29 is 8.42 Å². The second-order valence-electron chi connectivity index (χ2n) is 3.32. The molecule has 0 bridgehead atoms. The van der Waals surface area contributed by atoms with Crippen molar-refractivity contribution in [3.63, 3.8) is 0 Å². The number of nitrogens with one attached hydrogen (secondary N) is 1. The molecular formula is C11H15NO2S. The summed E-state index contributed by atoms with van der Waals surface area (Å²) in [5, 5.41) is 0. The van der Waals surface area contributed by atoms with Gasteiger partial charge >= 0.3 is 0 Å². The fraction of sp³-hybridized carbons (Fsp3) is 0.273. The van der Waals surface area contributed by atoms with Gasteiger partial charge in [0.25, 0.3) is 0 Å². The standard InChI is InChI=1S/C11H15NO2S/c1-15(13,14)12-10-6-5-9-11-7-3-2-4-8-11/h2-4,6-8,10,12H,5,9H2,1H3. The first kappa shape index (κ1) is 11.8. The quantitative estimate of drug-likeness (QED) is 0.828. The molecule has 0 saturated heterocycles. The van der Waals surface area contributed by atoms with Gasteiger partial charge < -0.3 is 0 Å². The van der Waals surface area contributed by atoms with Crippen LogP contribution in [-0.4, -0.2) is 14.7 Å². The molecule has 0 atom stereocenters. The van der Waals surface area contributed by atoms with E-state index >= 15 is 0 Å². The number of sulfonamides is 1. The van der Waals surface area contributed by atoms with Gasteiger partial charge in [-0.3, -0.25) is 4.72 Å². The van der Waals surface area contributed by atoms with Gasteiger partial charge in [-0.2, -0.15) is 0 Å². The molecule has 3 nitrogen and oxygen atoms in total. The third-order valence-electron chi connectivity index (χ3n) is 1.84. The average molecular weight is 225 g/mol. The van der Waals surface area contributed by atoms with E-state index in [9.17, 15) is 8.42 Å². The molecule has 0 heterocycles. The molecule has 15 heavy (non-hydrogen) atoms. The van der Waals surface area contributed by atoms with Crippen LogP contribution in [0.5, 0.6) is 0 Å². The van der Waals surface area contributed by atoms with Crippen molar-refractivity contribution in [3.05, 3.63) is 48.2 Å². The highest BCUT2D eigenvalue weighted by molar-refractivity contribution is 7.88. The predicted octanol–water partition coefficient (Wildman–Crippen LogP) is 1.68. The normalized spacial score (nSPS) is 11.8. The van der Waals surface area contributed by atoms with E-state index < -0.39 is 10.0 Å². The van der Waals surface area contributed by atoms with Crippen molar-refractivity contribution >= 4 is 10.0 Å². The van der Waals surface area contributed by atoms with E-state index in [4.69, 9.17) is 0 Å². The van der Waals surface area contributed by atoms with E-state index in [1.165, 1.54) is 11.8 Å². The van der Waals surface area contributed by atoms with E-state index in [-0.39, 0.29) is 0 Å². The second kappa shape index (κ2) is 5.56. The molecule has 0 fully saturated rings. The van der Waals surface area contributed by atoms with Gasteiger partial charge in [-0.25, -0.2) is 8.42 Å². The van der Waals surface area contributed by atoms with E-state index in [1.54, 1.807) is 0 Å². The van der Waals surface area contributed by atoms with Crippen molar-refractivity contribution in [1.29, 1.82) is 0 Å². The van der Waals surface area contributed by atoms with Crippen LogP contribution >= 0.6 is 0 Å². The molecule has 1 N–H and O–H groups in total. The summed E-state index contributed by atoms with van der Waals surface area (Å²) in [5.74, 6) is 0.